The summed E-state index contributed by atoms with van der Waals surface area (Å²) in [6, 6.07) is 1.61. The molecule has 2 saturated heterocycles. The van der Waals surface area contributed by atoms with E-state index < -0.39 is 97.8 Å². The van der Waals surface area contributed by atoms with Crippen LogP contribution in [0, 0.1) is 0 Å². The van der Waals surface area contributed by atoms with Crippen LogP contribution in [0.25, 0.3) is 0 Å². The van der Waals surface area contributed by atoms with Crippen LogP contribution in [-0.4, -0.2) is 132 Å². The first-order valence-electron chi connectivity index (χ1n) is 10.0. The molecule has 0 saturated carbocycles. The standard InChI is InChI=1S/C19H26O15/c20-3-9-12(25)14(27)15(28)18(32-9)34-19(5-21)16(29)13(26)10(33-19)4-31-17(30)6-1-7(22)11(24)8(23)2-6/h1-2,9-10,12-16,18,20-29H,3-5H2/t9-,10-,12-,13-,14+,15-,16+,18-,19+/m1/s1. The minimum Gasteiger partial charge on any atom is -0.504 e. The predicted octanol–water partition coefficient (Wildman–Crippen LogP) is -4.41. The molecule has 192 valence electrons. The third kappa shape index (κ3) is 4.76. The van der Waals surface area contributed by atoms with Crippen molar-refractivity contribution in [3.63, 3.8) is 0 Å². The third-order valence-corrected chi connectivity index (χ3v) is 5.57. The lowest BCUT2D eigenvalue weighted by Gasteiger charge is -2.43. The van der Waals surface area contributed by atoms with Crippen molar-refractivity contribution in [3.8, 4) is 17.2 Å². The maximum atomic E-state index is 12.2. The van der Waals surface area contributed by atoms with Crippen LogP contribution in [0.1, 0.15) is 10.4 Å². The van der Waals surface area contributed by atoms with Crippen LogP contribution in [0.15, 0.2) is 12.1 Å². The molecule has 3 rings (SSSR count). The fourth-order valence-electron chi connectivity index (χ4n) is 3.58. The Kier molecular flexibility index (Phi) is 7.83. The summed E-state index contributed by atoms with van der Waals surface area (Å²) < 4.78 is 20.8. The first-order valence-corrected chi connectivity index (χ1v) is 10.0. The Bertz CT molecular complexity index is 854. The molecule has 9 atom stereocenters. The fourth-order valence-corrected chi connectivity index (χ4v) is 3.58. The molecule has 0 aliphatic carbocycles. The maximum Gasteiger partial charge on any atom is 0.338 e. The van der Waals surface area contributed by atoms with Gasteiger partial charge in [-0.15, -0.1) is 0 Å². The predicted molar refractivity (Wildman–Crippen MR) is 103 cm³/mol. The van der Waals surface area contributed by atoms with E-state index >= 15 is 0 Å². The van der Waals surface area contributed by atoms with Gasteiger partial charge in [-0.3, -0.25) is 0 Å². The lowest BCUT2D eigenvalue weighted by Crippen LogP contribution is -2.62. The Morgan fingerprint density at radius 3 is 2.09 bits per heavy atom. The van der Waals surface area contributed by atoms with Crippen LogP contribution in [-0.2, 0) is 18.9 Å². The number of carbonyl (C=O) groups is 1. The summed E-state index contributed by atoms with van der Waals surface area (Å²) in [5.41, 5.74) is -0.369. The zero-order chi connectivity index (χ0) is 25.4. The number of benzene rings is 1. The van der Waals surface area contributed by atoms with Gasteiger partial charge in [0, 0.05) is 0 Å². The highest BCUT2D eigenvalue weighted by Crippen LogP contribution is 2.37. The molecule has 10 N–H and O–H groups in total. The van der Waals surface area contributed by atoms with E-state index in [4.69, 9.17) is 18.9 Å². The van der Waals surface area contributed by atoms with E-state index in [-0.39, 0.29) is 5.56 Å². The highest BCUT2D eigenvalue weighted by molar-refractivity contribution is 5.91. The Hall–Kier alpha value is -2.31. The van der Waals surface area contributed by atoms with Gasteiger partial charge in [0.1, 0.15) is 55.9 Å². The van der Waals surface area contributed by atoms with Crippen molar-refractivity contribution in [2.75, 3.05) is 19.8 Å². The molecule has 1 aromatic rings. The Labute approximate surface area is 191 Å². The summed E-state index contributed by atoms with van der Waals surface area (Å²) in [7, 11) is 0. The number of aromatic hydroxyl groups is 3. The topological polar surface area (TPSA) is 256 Å². The minimum absolute atomic E-state index is 0.369. The molecule has 0 aromatic heterocycles. The van der Waals surface area contributed by atoms with Crippen LogP contribution in [0.2, 0.25) is 0 Å². The van der Waals surface area contributed by atoms with Gasteiger partial charge in [0.2, 0.25) is 5.79 Å². The quantitative estimate of drug-likeness (QED) is 0.127. The molecule has 2 aliphatic rings. The lowest BCUT2D eigenvalue weighted by atomic mass is 9.99. The van der Waals surface area contributed by atoms with E-state index in [1.807, 2.05) is 0 Å². The molecule has 1 aromatic carbocycles. The molecule has 2 aliphatic heterocycles. The maximum absolute atomic E-state index is 12.2. The average molecular weight is 494 g/mol. The number of hydrogen-bond donors (Lipinski definition) is 10. The molecule has 0 radical (unpaired) electrons. The summed E-state index contributed by atoms with van der Waals surface area (Å²) in [5.74, 6) is -6.00. The monoisotopic (exact) mass is 494 g/mol. The summed E-state index contributed by atoms with van der Waals surface area (Å²) in [4.78, 5) is 12.2. The molecule has 0 unspecified atom stereocenters. The van der Waals surface area contributed by atoms with Crippen molar-refractivity contribution >= 4 is 5.97 Å². The second kappa shape index (κ2) is 10.1. The SMILES string of the molecule is O=C(OC[C@H]1O[C@@](CO)(O[C@H]2O[C@H](CO)[C@@H](O)[C@H](O)[C@H]2O)[C@@H](O)[C@@H]1O)c1cc(O)c(O)c(O)c1. The van der Waals surface area contributed by atoms with Crippen molar-refractivity contribution < 1.29 is 74.8 Å². The molecule has 2 heterocycles. The van der Waals surface area contributed by atoms with Crippen molar-refractivity contribution in [2.24, 2.45) is 0 Å². The number of carbonyl (C=O) groups excluding carboxylic acids is 1. The van der Waals surface area contributed by atoms with Crippen LogP contribution in [0.4, 0.5) is 0 Å². The molecule has 0 amide bonds. The van der Waals surface area contributed by atoms with Gasteiger partial charge < -0.3 is 70.0 Å². The lowest BCUT2D eigenvalue weighted by molar-refractivity contribution is -0.383. The number of hydrogen-bond acceptors (Lipinski definition) is 15. The van der Waals surface area contributed by atoms with Gasteiger partial charge in [-0.2, -0.15) is 0 Å². The van der Waals surface area contributed by atoms with E-state index in [9.17, 15) is 55.9 Å². The zero-order valence-electron chi connectivity index (χ0n) is 17.4. The van der Waals surface area contributed by atoms with Crippen LogP contribution in [0.3, 0.4) is 0 Å². The van der Waals surface area contributed by atoms with Crippen molar-refractivity contribution in [3.05, 3.63) is 17.7 Å². The number of rotatable bonds is 7. The highest BCUT2D eigenvalue weighted by atomic mass is 16.8. The van der Waals surface area contributed by atoms with Crippen molar-refractivity contribution in [2.45, 2.75) is 54.8 Å². The molecule has 0 bridgehead atoms. The summed E-state index contributed by atoms with van der Waals surface area (Å²) in [6.45, 7) is -2.60. The number of aliphatic hydroxyl groups excluding tert-OH is 7. The van der Waals surface area contributed by atoms with E-state index in [0.29, 0.717) is 0 Å². The van der Waals surface area contributed by atoms with Crippen LogP contribution >= 0.6 is 0 Å². The zero-order valence-corrected chi connectivity index (χ0v) is 17.4. The fraction of sp³-hybridized carbons (Fsp3) is 0.632. The molecule has 2 fully saturated rings. The van der Waals surface area contributed by atoms with Gasteiger partial charge in [-0.05, 0) is 12.1 Å². The Balaban J connectivity index is 1.70. The van der Waals surface area contributed by atoms with Crippen molar-refractivity contribution in [1.29, 1.82) is 0 Å². The van der Waals surface area contributed by atoms with E-state index in [2.05, 4.69) is 0 Å². The summed E-state index contributed by atoms with van der Waals surface area (Å²) in [5, 5.41) is 98.0. The van der Waals surface area contributed by atoms with Crippen LogP contribution in [0.5, 0.6) is 17.2 Å². The number of aliphatic hydroxyl groups is 7. The van der Waals surface area contributed by atoms with Gasteiger partial charge in [-0.1, -0.05) is 0 Å². The summed E-state index contributed by atoms with van der Waals surface area (Å²) in [6.07, 6.45) is -13.9. The Morgan fingerprint density at radius 2 is 1.53 bits per heavy atom. The van der Waals surface area contributed by atoms with Gasteiger partial charge in [0.25, 0.3) is 0 Å². The molecule has 15 nitrogen and oxygen atoms in total. The molecular weight excluding hydrogens is 468 g/mol. The number of phenolic OH excluding ortho intramolecular Hbond substituents is 3. The Morgan fingerprint density at radius 1 is 0.912 bits per heavy atom. The first-order chi connectivity index (χ1) is 16.0. The second-order valence-corrected chi connectivity index (χ2v) is 7.84. The van der Waals surface area contributed by atoms with E-state index in [1.165, 1.54) is 0 Å². The van der Waals surface area contributed by atoms with Gasteiger partial charge in [0.15, 0.2) is 23.5 Å². The minimum atomic E-state index is -2.43. The third-order valence-electron chi connectivity index (χ3n) is 5.57. The van der Waals surface area contributed by atoms with E-state index in [0.717, 1.165) is 12.1 Å². The largest absolute Gasteiger partial charge is 0.504 e. The summed E-state index contributed by atoms with van der Waals surface area (Å²) >= 11 is 0. The average Bonchev–Trinajstić information content (AvgIpc) is 3.05. The van der Waals surface area contributed by atoms with Gasteiger partial charge in [0.05, 0.1) is 12.2 Å². The molecule has 15 heteroatoms. The number of ether oxygens (including phenoxy) is 4. The molecule has 34 heavy (non-hydrogen) atoms. The number of phenols is 3. The van der Waals surface area contributed by atoms with Crippen molar-refractivity contribution in [1.82, 2.24) is 0 Å². The van der Waals surface area contributed by atoms with Crippen LogP contribution < -0.4 is 0 Å². The smallest absolute Gasteiger partial charge is 0.338 e. The first kappa shape index (κ1) is 26.3. The van der Waals surface area contributed by atoms with Gasteiger partial charge in [-0.25, -0.2) is 4.79 Å². The molecule has 0 spiro atoms. The number of esters is 1. The normalized spacial score (nSPS) is 38.1. The molecular formula is C19H26O15. The van der Waals surface area contributed by atoms with Gasteiger partial charge >= 0.3 is 5.97 Å². The second-order valence-electron chi connectivity index (χ2n) is 7.84. The van der Waals surface area contributed by atoms with E-state index in [1.54, 1.807) is 0 Å². The highest BCUT2D eigenvalue weighted by Gasteiger charge is 2.58.